The second kappa shape index (κ2) is 5.94. The number of thiazole rings is 1. The molecule has 124 valence electrons. The SMILES string of the molecule is CN1CCC2CN(C(=O)c3csc(-c4ncccn4)n3)CC2C1=O. The largest absolute Gasteiger partial charge is 0.345 e. The summed E-state index contributed by atoms with van der Waals surface area (Å²) in [5.41, 5.74) is 0.405. The number of likely N-dealkylation sites (tertiary alicyclic amines) is 2. The van der Waals surface area contributed by atoms with Gasteiger partial charge in [-0.15, -0.1) is 11.3 Å². The van der Waals surface area contributed by atoms with Gasteiger partial charge in [0.25, 0.3) is 5.91 Å². The minimum Gasteiger partial charge on any atom is -0.345 e. The van der Waals surface area contributed by atoms with Crippen LogP contribution in [0.3, 0.4) is 0 Å². The molecule has 24 heavy (non-hydrogen) atoms. The van der Waals surface area contributed by atoms with Crippen LogP contribution in [0.1, 0.15) is 16.9 Å². The first-order chi connectivity index (χ1) is 11.6. The average Bonchev–Trinajstić information content (AvgIpc) is 3.26. The molecule has 7 nitrogen and oxygen atoms in total. The Balaban J connectivity index is 1.51. The zero-order valence-corrected chi connectivity index (χ0v) is 14.1. The molecule has 0 bridgehead atoms. The number of amides is 2. The van der Waals surface area contributed by atoms with Gasteiger partial charge in [-0.2, -0.15) is 0 Å². The molecule has 2 unspecified atom stereocenters. The number of carbonyl (C=O) groups is 2. The fourth-order valence-electron chi connectivity index (χ4n) is 3.41. The van der Waals surface area contributed by atoms with Crippen molar-refractivity contribution >= 4 is 23.2 Å². The van der Waals surface area contributed by atoms with Crippen LogP contribution >= 0.6 is 11.3 Å². The van der Waals surface area contributed by atoms with Crippen molar-refractivity contribution in [2.45, 2.75) is 6.42 Å². The molecule has 0 aromatic carbocycles. The van der Waals surface area contributed by atoms with E-state index in [0.29, 0.717) is 29.6 Å². The molecule has 2 aliphatic rings. The first kappa shape index (κ1) is 15.2. The van der Waals surface area contributed by atoms with Crippen LogP contribution in [0.15, 0.2) is 23.8 Å². The Bertz CT molecular complexity index is 778. The lowest BCUT2D eigenvalue weighted by Gasteiger charge is -2.30. The third-order valence-corrected chi connectivity index (χ3v) is 5.58. The van der Waals surface area contributed by atoms with Crippen molar-refractivity contribution in [2.75, 3.05) is 26.7 Å². The van der Waals surface area contributed by atoms with Gasteiger partial charge in [0, 0.05) is 44.5 Å². The van der Waals surface area contributed by atoms with Crippen molar-refractivity contribution in [3.05, 3.63) is 29.5 Å². The van der Waals surface area contributed by atoms with Crippen LogP contribution in [0.2, 0.25) is 0 Å². The van der Waals surface area contributed by atoms with E-state index in [1.54, 1.807) is 33.6 Å². The number of hydrogen-bond donors (Lipinski definition) is 0. The summed E-state index contributed by atoms with van der Waals surface area (Å²) in [4.78, 5) is 41.2. The van der Waals surface area contributed by atoms with Gasteiger partial charge in [0.2, 0.25) is 5.91 Å². The normalized spacial score (nSPS) is 23.5. The van der Waals surface area contributed by atoms with Crippen LogP contribution in [-0.4, -0.2) is 63.2 Å². The molecule has 2 aromatic rings. The number of rotatable bonds is 2. The molecular formula is C16H17N5O2S. The number of fused-ring (bicyclic) bond motifs is 1. The average molecular weight is 343 g/mol. The van der Waals surface area contributed by atoms with E-state index in [-0.39, 0.29) is 23.7 Å². The predicted octanol–water partition coefficient (Wildman–Crippen LogP) is 1.15. The van der Waals surface area contributed by atoms with E-state index in [9.17, 15) is 9.59 Å². The predicted molar refractivity (Wildman–Crippen MR) is 88.3 cm³/mol. The minimum absolute atomic E-state index is 0.0664. The Morgan fingerprint density at radius 3 is 2.88 bits per heavy atom. The summed E-state index contributed by atoms with van der Waals surface area (Å²) in [6.07, 6.45) is 4.26. The van der Waals surface area contributed by atoms with E-state index >= 15 is 0 Å². The molecular weight excluding hydrogens is 326 g/mol. The van der Waals surface area contributed by atoms with Gasteiger partial charge in [0.15, 0.2) is 10.8 Å². The standard InChI is InChI=1S/C16H17N5O2S/c1-20-6-3-10-7-21(8-11(10)15(20)22)16(23)12-9-24-14(19-12)13-17-4-2-5-18-13/h2,4-5,9-11H,3,6-8H2,1H3. The smallest absolute Gasteiger partial charge is 0.273 e. The molecule has 8 heteroatoms. The zero-order valence-electron chi connectivity index (χ0n) is 13.3. The third kappa shape index (κ3) is 2.56. The Hall–Kier alpha value is -2.35. The lowest BCUT2D eigenvalue weighted by Crippen LogP contribution is -2.42. The van der Waals surface area contributed by atoms with Gasteiger partial charge in [0.05, 0.1) is 5.92 Å². The van der Waals surface area contributed by atoms with E-state index in [4.69, 9.17) is 0 Å². The Kier molecular flexibility index (Phi) is 3.76. The van der Waals surface area contributed by atoms with Crippen molar-refractivity contribution in [3.63, 3.8) is 0 Å². The number of nitrogens with zero attached hydrogens (tertiary/aromatic N) is 5. The molecule has 0 saturated carbocycles. The van der Waals surface area contributed by atoms with Crippen molar-refractivity contribution in [1.29, 1.82) is 0 Å². The van der Waals surface area contributed by atoms with Gasteiger partial charge in [-0.25, -0.2) is 15.0 Å². The van der Waals surface area contributed by atoms with Crippen LogP contribution in [0, 0.1) is 11.8 Å². The summed E-state index contributed by atoms with van der Waals surface area (Å²) < 4.78 is 0. The highest BCUT2D eigenvalue weighted by atomic mass is 32.1. The Morgan fingerprint density at radius 1 is 1.29 bits per heavy atom. The first-order valence-corrected chi connectivity index (χ1v) is 8.78. The van der Waals surface area contributed by atoms with E-state index in [1.807, 2.05) is 7.05 Å². The number of carbonyl (C=O) groups excluding carboxylic acids is 2. The Morgan fingerprint density at radius 2 is 2.08 bits per heavy atom. The highest BCUT2D eigenvalue weighted by molar-refractivity contribution is 7.13. The third-order valence-electron chi connectivity index (χ3n) is 4.74. The molecule has 0 radical (unpaired) electrons. The van der Waals surface area contributed by atoms with Crippen LogP contribution in [0.5, 0.6) is 0 Å². The molecule has 0 N–H and O–H groups in total. The highest BCUT2D eigenvalue weighted by Gasteiger charge is 2.43. The van der Waals surface area contributed by atoms with Crippen LogP contribution < -0.4 is 0 Å². The maximum absolute atomic E-state index is 12.7. The minimum atomic E-state index is -0.113. The molecule has 2 atom stereocenters. The van der Waals surface area contributed by atoms with Crippen LogP contribution in [0.4, 0.5) is 0 Å². The fraction of sp³-hybridized carbons (Fsp3) is 0.438. The molecule has 4 rings (SSSR count). The monoisotopic (exact) mass is 343 g/mol. The van der Waals surface area contributed by atoms with Crippen LogP contribution in [-0.2, 0) is 4.79 Å². The van der Waals surface area contributed by atoms with Gasteiger partial charge in [-0.3, -0.25) is 9.59 Å². The summed E-state index contributed by atoms with van der Waals surface area (Å²) in [5.74, 6) is 0.765. The second-order valence-electron chi connectivity index (χ2n) is 6.24. The van der Waals surface area contributed by atoms with Gasteiger partial charge in [-0.1, -0.05) is 0 Å². The molecule has 0 spiro atoms. The summed E-state index contributed by atoms with van der Waals surface area (Å²) in [7, 11) is 1.83. The fourth-order valence-corrected chi connectivity index (χ4v) is 4.15. The van der Waals surface area contributed by atoms with Crippen molar-refractivity contribution < 1.29 is 9.59 Å². The maximum atomic E-state index is 12.7. The van der Waals surface area contributed by atoms with Crippen LogP contribution in [0.25, 0.3) is 10.8 Å². The van der Waals surface area contributed by atoms with Crippen molar-refractivity contribution in [3.8, 4) is 10.8 Å². The Labute approximate surface area is 143 Å². The number of aromatic nitrogens is 3. The first-order valence-electron chi connectivity index (χ1n) is 7.90. The zero-order chi connectivity index (χ0) is 16.7. The molecule has 4 heterocycles. The van der Waals surface area contributed by atoms with Gasteiger partial charge < -0.3 is 9.80 Å². The molecule has 2 saturated heterocycles. The highest BCUT2D eigenvalue weighted by Crippen LogP contribution is 2.32. The number of piperidine rings is 1. The molecule has 2 fully saturated rings. The van der Waals surface area contributed by atoms with Gasteiger partial charge in [0.1, 0.15) is 5.69 Å². The molecule has 0 aliphatic carbocycles. The van der Waals surface area contributed by atoms with Crippen molar-refractivity contribution in [1.82, 2.24) is 24.8 Å². The molecule has 2 amide bonds. The summed E-state index contributed by atoms with van der Waals surface area (Å²) in [5, 5.41) is 2.37. The van der Waals surface area contributed by atoms with Gasteiger partial charge >= 0.3 is 0 Å². The van der Waals surface area contributed by atoms with E-state index in [2.05, 4.69) is 15.0 Å². The molecule has 2 aromatic heterocycles. The molecule has 2 aliphatic heterocycles. The number of hydrogen-bond acceptors (Lipinski definition) is 6. The summed E-state index contributed by atoms with van der Waals surface area (Å²) in [6, 6.07) is 1.74. The van der Waals surface area contributed by atoms with Gasteiger partial charge in [-0.05, 0) is 18.4 Å². The van der Waals surface area contributed by atoms with E-state index in [0.717, 1.165) is 13.0 Å². The topological polar surface area (TPSA) is 79.3 Å². The summed E-state index contributed by atoms with van der Waals surface area (Å²) >= 11 is 1.36. The lowest BCUT2D eigenvalue weighted by molar-refractivity contribution is -0.137. The lowest BCUT2D eigenvalue weighted by atomic mass is 9.88. The quantitative estimate of drug-likeness (QED) is 0.817. The second-order valence-corrected chi connectivity index (χ2v) is 7.09. The van der Waals surface area contributed by atoms with E-state index < -0.39 is 0 Å². The summed E-state index contributed by atoms with van der Waals surface area (Å²) in [6.45, 7) is 1.90. The van der Waals surface area contributed by atoms with Crippen molar-refractivity contribution in [2.24, 2.45) is 11.8 Å². The maximum Gasteiger partial charge on any atom is 0.273 e. The van der Waals surface area contributed by atoms with E-state index in [1.165, 1.54) is 11.3 Å².